The molecule has 2 aromatic rings. The fourth-order valence-electron chi connectivity index (χ4n) is 4.25. The fourth-order valence-corrected chi connectivity index (χ4v) is 4.25. The van der Waals surface area contributed by atoms with Crippen molar-refractivity contribution >= 4 is 11.9 Å². The van der Waals surface area contributed by atoms with Gasteiger partial charge in [-0.2, -0.15) is 0 Å². The second-order valence-electron chi connectivity index (χ2n) is 8.05. The number of hydrogen-bond acceptors (Lipinski definition) is 4. The number of aromatic nitrogens is 1. The zero-order valence-electron chi connectivity index (χ0n) is 17.8. The number of hydrogen-bond donors (Lipinski definition) is 1. The Hall–Kier alpha value is -2.89. The summed E-state index contributed by atoms with van der Waals surface area (Å²) in [4.78, 5) is 42.6. The highest BCUT2D eigenvalue weighted by Crippen LogP contribution is 2.37. The molecular formula is C24H30N2O4. The number of ether oxygens (including phenoxy) is 1. The van der Waals surface area contributed by atoms with Gasteiger partial charge in [-0.1, -0.05) is 30.3 Å². The first-order valence-corrected chi connectivity index (χ1v) is 10.7. The van der Waals surface area contributed by atoms with Crippen LogP contribution in [0, 0.1) is 12.3 Å². The smallest absolute Gasteiger partial charge is 0.313 e. The number of carbonyl (C=O) groups excluding carboxylic acids is 2. The van der Waals surface area contributed by atoms with Crippen molar-refractivity contribution in [3.05, 3.63) is 69.6 Å². The molecule has 1 N–H and O–H groups in total. The van der Waals surface area contributed by atoms with Crippen LogP contribution in [0.3, 0.4) is 0 Å². The summed E-state index contributed by atoms with van der Waals surface area (Å²) in [5, 5.41) is 0. The largest absolute Gasteiger partial charge is 0.466 e. The predicted octanol–water partition coefficient (Wildman–Crippen LogP) is 3.49. The molecule has 3 rings (SSSR count). The van der Waals surface area contributed by atoms with Crippen molar-refractivity contribution in [2.45, 2.75) is 46.0 Å². The van der Waals surface area contributed by atoms with E-state index in [1.54, 1.807) is 30.9 Å². The summed E-state index contributed by atoms with van der Waals surface area (Å²) in [5.41, 5.74) is 0.931. The molecule has 1 aromatic heterocycles. The lowest BCUT2D eigenvalue weighted by Crippen LogP contribution is -2.51. The normalized spacial score (nSPS) is 18.8. The number of aryl methyl sites for hydroxylation is 2. The van der Waals surface area contributed by atoms with E-state index in [9.17, 15) is 14.4 Å². The molecule has 1 fully saturated rings. The number of amides is 1. The number of aromatic amines is 1. The lowest BCUT2D eigenvalue weighted by molar-refractivity contribution is -0.159. The Kier molecular flexibility index (Phi) is 7.08. The molecule has 0 unspecified atom stereocenters. The molecule has 1 aliphatic heterocycles. The van der Waals surface area contributed by atoms with E-state index in [2.05, 4.69) is 17.1 Å². The monoisotopic (exact) mass is 410 g/mol. The Balaban J connectivity index is 1.77. The molecule has 0 radical (unpaired) electrons. The van der Waals surface area contributed by atoms with Crippen LogP contribution in [-0.4, -0.2) is 41.5 Å². The number of esters is 1. The van der Waals surface area contributed by atoms with Crippen LogP contribution in [0.25, 0.3) is 0 Å². The van der Waals surface area contributed by atoms with Gasteiger partial charge in [0.15, 0.2) is 0 Å². The number of nitrogens with zero attached hydrogens (tertiary/aromatic N) is 1. The van der Waals surface area contributed by atoms with Crippen molar-refractivity contribution in [3.63, 3.8) is 0 Å². The Morgan fingerprint density at radius 1 is 1.17 bits per heavy atom. The number of likely N-dealkylation sites (tertiary alicyclic amines) is 1. The van der Waals surface area contributed by atoms with E-state index in [0.29, 0.717) is 38.1 Å². The molecule has 0 bridgehead atoms. The third-order valence-corrected chi connectivity index (χ3v) is 5.82. The number of pyridine rings is 1. The number of benzene rings is 1. The van der Waals surface area contributed by atoms with Crippen molar-refractivity contribution in [1.82, 2.24) is 9.88 Å². The maximum Gasteiger partial charge on any atom is 0.313 e. The summed E-state index contributed by atoms with van der Waals surface area (Å²) < 4.78 is 5.42. The molecule has 0 spiro atoms. The number of carbonyl (C=O) groups is 2. The molecule has 0 aliphatic carbocycles. The van der Waals surface area contributed by atoms with Crippen molar-refractivity contribution < 1.29 is 14.3 Å². The first-order chi connectivity index (χ1) is 14.4. The maximum atomic E-state index is 13.0. The molecule has 6 nitrogen and oxygen atoms in total. The molecule has 1 aromatic carbocycles. The number of rotatable bonds is 7. The number of H-pyrrole nitrogens is 1. The van der Waals surface area contributed by atoms with E-state index in [-0.39, 0.29) is 24.0 Å². The zero-order chi connectivity index (χ0) is 21.6. The van der Waals surface area contributed by atoms with Gasteiger partial charge in [0.2, 0.25) is 0 Å². The molecule has 30 heavy (non-hydrogen) atoms. The highest BCUT2D eigenvalue weighted by molar-refractivity contribution is 5.94. The molecule has 0 saturated carbocycles. The Labute approximate surface area is 177 Å². The van der Waals surface area contributed by atoms with E-state index in [0.717, 1.165) is 12.8 Å². The van der Waals surface area contributed by atoms with Gasteiger partial charge in [0, 0.05) is 18.8 Å². The van der Waals surface area contributed by atoms with Crippen LogP contribution in [0.1, 0.15) is 54.2 Å². The maximum absolute atomic E-state index is 13.0. The van der Waals surface area contributed by atoms with E-state index in [4.69, 9.17) is 4.74 Å². The number of piperidine rings is 1. The minimum Gasteiger partial charge on any atom is -0.466 e. The SMILES string of the molecule is CCOC(=O)[C@]1(CCCc2ccccc2)CCCN(C(=O)c2ccc(C)[nH]c2=O)C1. The van der Waals surface area contributed by atoms with Gasteiger partial charge in [0.25, 0.3) is 11.5 Å². The molecule has 1 saturated heterocycles. The highest BCUT2D eigenvalue weighted by atomic mass is 16.5. The molecule has 1 aliphatic rings. The lowest BCUT2D eigenvalue weighted by Gasteiger charge is -2.41. The summed E-state index contributed by atoms with van der Waals surface area (Å²) in [6.07, 6.45) is 3.74. The predicted molar refractivity (Wildman–Crippen MR) is 115 cm³/mol. The average molecular weight is 411 g/mol. The van der Waals surface area contributed by atoms with Crippen LogP contribution in [0.5, 0.6) is 0 Å². The average Bonchev–Trinajstić information content (AvgIpc) is 2.74. The summed E-state index contributed by atoms with van der Waals surface area (Å²) in [6.45, 7) is 4.70. The summed E-state index contributed by atoms with van der Waals surface area (Å²) >= 11 is 0. The Bertz CT molecular complexity index is 938. The van der Waals surface area contributed by atoms with Gasteiger partial charge in [-0.25, -0.2) is 0 Å². The van der Waals surface area contributed by atoms with Crippen LogP contribution in [-0.2, 0) is 16.0 Å². The van der Waals surface area contributed by atoms with Gasteiger partial charge in [0.05, 0.1) is 12.0 Å². The summed E-state index contributed by atoms with van der Waals surface area (Å²) in [7, 11) is 0. The van der Waals surface area contributed by atoms with Gasteiger partial charge in [0.1, 0.15) is 5.56 Å². The molecule has 1 atom stereocenters. The second-order valence-corrected chi connectivity index (χ2v) is 8.05. The van der Waals surface area contributed by atoms with Gasteiger partial charge < -0.3 is 14.6 Å². The second kappa shape index (κ2) is 9.74. The zero-order valence-corrected chi connectivity index (χ0v) is 17.8. The minimum absolute atomic E-state index is 0.115. The van der Waals surface area contributed by atoms with E-state index in [1.807, 2.05) is 18.2 Å². The number of nitrogens with one attached hydrogen (secondary N) is 1. The highest BCUT2D eigenvalue weighted by Gasteiger charge is 2.44. The van der Waals surface area contributed by atoms with Crippen LogP contribution in [0.15, 0.2) is 47.3 Å². The first kappa shape index (κ1) is 21.8. The molecular weight excluding hydrogens is 380 g/mol. The third kappa shape index (κ3) is 4.99. The van der Waals surface area contributed by atoms with Crippen LogP contribution >= 0.6 is 0 Å². The topological polar surface area (TPSA) is 79.5 Å². The van der Waals surface area contributed by atoms with Gasteiger partial charge in [-0.3, -0.25) is 14.4 Å². The molecule has 6 heteroatoms. The Morgan fingerprint density at radius 3 is 2.63 bits per heavy atom. The lowest BCUT2D eigenvalue weighted by atomic mass is 9.75. The van der Waals surface area contributed by atoms with Crippen molar-refractivity contribution in [1.29, 1.82) is 0 Å². The Morgan fingerprint density at radius 2 is 1.93 bits per heavy atom. The quantitative estimate of drug-likeness (QED) is 0.709. The van der Waals surface area contributed by atoms with Gasteiger partial charge in [-0.05, 0) is 63.6 Å². The third-order valence-electron chi connectivity index (χ3n) is 5.82. The van der Waals surface area contributed by atoms with Crippen molar-refractivity contribution in [2.75, 3.05) is 19.7 Å². The van der Waals surface area contributed by atoms with E-state index in [1.165, 1.54) is 5.56 Å². The minimum atomic E-state index is -0.726. The van der Waals surface area contributed by atoms with E-state index >= 15 is 0 Å². The molecule has 160 valence electrons. The standard InChI is InChI=1S/C24H30N2O4/c1-3-30-23(29)24(14-7-11-19-9-5-4-6-10-19)15-8-16-26(17-24)22(28)20-13-12-18(2)25-21(20)27/h4-6,9-10,12-13H,3,7-8,11,14-17H2,1-2H3,(H,25,27)/t24-/m1/s1. The van der Waals surface area contributed by atoms with Crippen molar-refractivity contribution in [3.8, 4) is 0 Å². The summed E-state index contributed by atoms with van der Waals surface area (Å²) in [6, 6.07) is 13.5. The van der Waals surface area contributed by atoms with Crippen LogP contribution < -0.4 is 5.56 Å². The molecule has 1 amide bonds. The summed E-state index contributed by atoms with van der Waals surface area (Å²) in [5.74, 6) is -0.568. The van der Waals surface area contributed by atoms with Gasteiger partial charge in [-0.15, -0.1) is 0 Å². The first-order valence-electron chi connectivity index (χ1n) is 10.7. The van der Waals surface area contributed by atoms with Gasteiger partial charge >= 0.3 is 5.97 Å². The fraction of sp³-hybridized carbons (Fsp3) is 0.458. The van der Waals surface area contributed by atoms with E-state index < -0.39 is 11.0 Å². The van der Waals surface area contributed by atoms with Crippen LogP contribution in [0.2, 0.25) is 0 Å². The van der Waals surface area contributed by atoms with Crippen LogP contribution in [0.4, 0.5) is 0 Å². The molecule has 2 heterocycles. The van der Waals surface area contributed by atoms with Crippen molar-refractivity contribution in [2.24, 2.45) is 5.41 Å².